The summed E-state index contributed by atoms with van der Waals surface area (Å²) in [5.41, 5.74) is -3.69. The van der Waals surface area contributed by atoms with E-state index in [4.69, 9.17) is 23.2 Å². The highest BCUT2D eigenvalue weighted by Gasteiger charge is 2.67. The monoisotopic (exact) mass is 422 g/mol. The van der Waals surface area contributed by atoms with E-state index in [9.17, 15) is 22.8 Å². The fourth-order valence-electron chi connectivity index (χ4n) is 2.07. The average molecular weight is 423 g/mol. The van der Waals surface area contributed by atoms with Gasteiger partial charge in [0.2, 0.25) is 0 Å². The third-order valence-electron chi connectivity index (χ3n) is 3.42. The number of carbonyl (C=O) groups is 2. The van der Waals surface area contributed by atoms with Crippen molar-refractivity contribution in [2.24, 2.45) is 0 Å². The topological polar surface area (TPSA) is 81.6 Å². The molecule has 0 spiro atoms. The van der Waals surface area contributed by atoms with E-state index in [1.165, 1.54) is 42.6 Å². The van der Waals surface area contributed by atoms with Crippen LogP contribution in [0.5, 0.6) is 0 Å². The highest BCUT2D eigenvalue weighted by Crippen LogP contribution is 2.32. The van der Waals surface area contributed by atoms with E-state index < -0.39 is 23.7 Å². The van der Waals surface area contributed by atoms with Crippen molar-refractivity contribution in [3.8, 4) is 0 Å². The molecule has 1 aromatic carbocycles. The molecular weight excluding hydrogens is 410 g/mol. The molecule has 2 aromatic rings. The fourth-order valence-corrected chi connectivity index (χ4v) is 2.32. The lowest BCUT2D eigenvalue weighted by atomic mass is 10.1. The first-order valence-corrected chi connectivity index (χ1v) is 8.03. The number of amides is 1. The molecule has 0 saturated carbocycles. The zero-order valence-corrected chi connectivity index (χ0v) is 15.2. The van der Waals surface area contributed by atoms with Crippen LogP contribution in [0.2, 0.25) is 10.0 Å². The van der Waals surface area contributed by atoms with E-state index in [1.54, 1.807) is 5.32 Å². The number of esters is 1. The Morgan fingerprint density at radius 1 is 1.04 bits per heavy atom. The molecule has 0 bridgehead atoms. The predicted molar refractivity (Wildman–Crippen MR) is 91.4 cm³/mol. The van der Waals surface area contributed by atoms with Gasteiger partial charge in [-0.3, -0.25) is 10.1 Å². The summed E-state index contributed by atoms with van der Waals surface area (Å²) in [5, 5.41) is 4.14. The van der Waals surface area contributed by atoms with Crippen molar-refractivity contribution >= 4 is 40.9 Å². The maximum absolute atomic E-state index is 13.9. The SMILES string of the molecule is COC(=O)[C@](NC(=O)c1ccc(Cl)cc1)(Nc1ccc(Cl)c[nH+]1)C(F)(F)F. The van der Waals surface area contributed by atoms with Crippen LogP contribution in [0, 0.1) is 0 Å². The maximum Gasteiger partial charge on any atom is 0.464 e. The summed E-state index contributed by atoms with van der Waals surface area (Å²) in [6.07, 6.45) is -4.06. The van der Waals surface area contributed by atoms with Crippen LogP contribution < -0.4 is 15.6 Å². The Morgan fingerprint density at radius 2 is 1.63 bits per heavy atom. The highest BCUT2D eigenvalue weighted by atomic mass is 35.5. The van der Waals surface area contributed by atoms with Gasteiger partial charge in [0.1, 0.15) is 6.20 Å². The van der Waals surface area contributed by atoms with Crippen molar-refractivity contribution in [1.29, 1.82) is 0 Å². The smallest absolute Gasteiger partial charge is 0.464 e. The van der Waals surface area contributed by atoms with Gasteiger partial charge in [0.15, 0.2) is 0 Å². The Kier molecular flexibility index (Phi) is 6.17. The Balaban J connectivity index is 2.46. The number of ether oxygens (including phenoxy) is 1. The molecule has 0 saturated heterocycles. The molecule has 2 rings (SSSR count). The number of hydrogen-bond donors (Lipinski definition) is 2. The number of aromatic amines is 1. The summed E-state index contributed by atoms with van der Waals surface area (Å²) in [5.74, 6) is -3.17. The molecule has 0 aliphatic carbocycles. The van der Waals surface area contributed by atoms with Crippen LogP contribution in [0.1, 0.15) is 10.4 Å². The van der Waals surface area contributed by atoms with E-state index in [0.717, 1.165) is 7.11 Å². The largest absolute Gasteiger partial charge is 0.464 e. The molecule has 1 amide bonds. The molecule has 1 aromatic heterocycles. The van der Waals surface area contributed by atoms with Gasteiger partial charge >= 0.3 is 17.8 Å². The van der Waals surface area contributed by atoms with E-state index in [1.807, 2.05) is 5.32 Å². The van der Waals surface area contributed by atoms with Crippen LogP contribution in [-0.4, -0.2) is 30.8 Å². The zero-order valence-electron chi connectivity index (χ0n) is 13.7. The molecule has 0 radical (unpaired) electrons. The summed E-state index contributed by atoms with van der Waals surface area (Å²) in [7, 11) is 0.768. The molecule has 6 nitrogen and oxygen atoms in total. The molecule has 1 atom stereocenters. The quantitative estimate of drug-likeness (QED) is 0.572. The number of alkyl halides is 3. The van der Waals surface area contributed by atoms with Gasteiger partial charge in [-0.05, 0) is 30.3 Å². The minimum absolute atomic E-state index is 0.140. The number of pyridine rings is 1. The first-order chi connectivity index (χ1) is 12.6. The van der Waals surface area contributed by atoms with Gasteiger partial charge < -0.3 is 4.74 Å². The van der Waals surface area contributed by atoms with Gasteiger partial charge in [-0.2, -0.15) is 13.2 Å². The van der Waals surface area contributed by atoms with Crippen molar-refractivity contribution in [2.75, 3.05) is 12.4 Å². The lowest BCUT2D eigenvalue weighted by Gasteiger charge is -2.30. The van der Waals surface area contributed by atoms with Gasteiger partial charge in [0, 0.05) is 16.7 Å². The second-order valence-electron chi connectivity index (χ2n) is 5.25. The minimum atomic E-state index is -5.25. The standard InChI is InChI=1S/C16H12Cl2F3N3O3/c1-27-14(26)15(16(19,20)21,23-12-7-6-11(18)8-22-12)24-13(25)9-2-4-10(17)5-3-9/h2-8H,1H3,(H,22,23)(H,24,25)/p+1/t15-/m1/s1. The average Bonchev–Trinajstić information content (AvgIpc) is 2.61. The van der Waals surface area contributed by atoms with Gasteiger partial charge in [0.05, 0.1) is 12.1 Å². The molecular formula is C16H13Cl2F3N3O3+. The van der Waals surface area contributed by atoms with Crippen LogP contribution in [0.4, 0.5) is 19.0 Å². The maximum atomic E-state index is 13.9. The minimum Gasteiger partial charge on any atom is -0.464 e. The summed E-state index contributed by atoms with van der Waals surface area (Å²) < 4.78 is 45.9. The van der Waals surface area contributed by atoms with Crippen LogP contribution in [0.25, 0.3) is 0 Å². The normalized spacial score (nSPS) is 13.4. The Hall–Kier alpha value is -2.52. The Morgan fingerprint density at radius 3 is 2.11 bits per heavy atom. The van der Waals surface area contributed by atoms with Crippen LogP contribution in [-0.2, 0) is 9.53 Å². The third-order valence-corrected chi connectivity index (χ3v) is 3.91. The Bertz CT molecular complexity index is 830. The number of anilines is 1. The summed E-state index contributed by atoms with van der Waals surface area (Å²) in [6, 6.07) is 7.53. The number of aromatic nitrogens is 1. The number of benzene rings is 1. The van der Waals surface area contributed by atoms with Crippen molar-refractivity contribution in [1.82, 2.24) is 5.32 Å². The van der Waals surface area contributed by atoms with Crippen molar-refractivity contribution in [3.05, 3.63) is 58.2 Å². The molecule has 1 heterocycles. The number of halogens is 5. The fraction of sp³-hybridized carbons (Fsp3) is 0.188. The lowest BCUT2D eigenvalue weighted by Crippen LogP contribution is -2.69. The van der Waals surface area contributed by atoms with Crippen LogP contribution in [0.15, 0.2) is 42.6 Å². The number of methoxy groups -OCH3 is 1. The molecule has 11 heteroatoms. The number of H-pyrrole nitrogens is 1. The first-order valence-electron chi connectivity index (χ1n) is 7.27. The van der Waals surface area contributed by atoms with Gasteiger partial charge in [0.25, 0.3) is 11.7 Å². The molecule has 0 unspecified atom stereocenters. The van der Waals surface area contributed by atoms with Crippen molar-refractivity contribution in [3.63, 3.8) is 0 Å². The molecule has 3 N–H and O–H groups in total. The third kappa shape index (κ3) is 4.61. The lowest BCUT2D eigenvalue weighted by molar-refractivity contribution is -0.362. The van der Waals surface area contributed by atoms with Crippen LogP contribution in [0.3, 0.4) is 0 Å². The predicted octanol–water partition coefficient (Wildman–Crippen LogP) is 3.08. The summed E-state index contributed by atoms with van der Waals surface area (Å²) >= 11 is 11.4. The number of carbonyl (C=O) groups excluding carboxylic acids is 2. The second kappa shape index (κ2) is 8.01. The van der Waals surface area contributed by atoms with E-state index >= 15 is 0 Å². The number of nitrogens with one attached hydrogen (secondary N) is 3. The van der Waals surface area contributed by atoms with Gasteiger partial charge in [-0.25, -0.2) is 15.1 Å². The second-order valence-corrected chi connectivity index (χ2v) is 6.12. The van der Waals surface area contributed by atoms with Crippen LogP contribution >= 0.6 is 23.2 Å². The zero-order chi connectivity index (χ0) is 20.2. The molecule has 0 fully saturated rings. The molecule has 0 aliphatic heterocycles. The highest BCUT2D eigenvalue weighted by molar-refractivity contribution is 6.30. The first kappa shape index (κ1) is 20.8. The summed E-state index contributed by atoms with van der Waals surface area (Å²) in [4.78, 5) is 26.9. The van der Waals surface area contributed by atoms with E-state index in [-0.39, 0.29) is 21.4 Å². The molecule has 27 heavy (non-hydrogen) atoms. The number of rotatable bonds is 5. The van der Waals surface area contributed by atoms with Gasteiger partial charge in [-0.15, -0.1) is 0 Å². The van der Waals surface area contributed by atoms with E-state index in [0.29, 0.717) is 0 Å². The van der Waals surface area contributed by atoms with Crippen molar-refractivity contribution < 1.29 is 32.5 Å². The van der Waals surface area contributed by atoms with Crippen molar-refractivity contribution in [2.45, 2.75) is 11.8 Å². The van der Waals surface area contributed by atoms with E-state index in [2.05, 4.69) is 9.72 Å². The van der Waals surface area contributed by atoms with Gasteiger partial charge in [-0.1, -0.05) is 23.2 Å². The number of hydrogen-bond acceptors (Lipinski definition) is 4. The Labute approximate surface area is 161 Å². The summed E-state index contributed by atoms with van der Waals surface area (Å²) in [6.45, 7) is 0. The molecule has 144 valence electrons. The molecule has 0 aliphatic rings.